The van der Waals surface area contributed by atoms with Crippen LogP contribution in [0.3, 0.4) is 0 Å². The summed E-state index contributed by atoms with van der Waals surface area (Å²) in [5, 5.41) is 0. The van der Waals surface area contributed by atoms with Crippen molar-refractivity contribution in [2.24, 2.45) is 22.4 Å². The van der Waals surface area contributed by atoms with E-state index in [1.807, 2.05) is 0 Å². The molecule has 0 fully saturated rings. The second-order valence-electron chi connectivity index (χ2n) is 6.73. The minimum absolute atomic E-state index is 0.156. The van der Waals surface area contributed by atoms with Gasteiger partial charge in [-0.25, -0.2) is 0 Å². The third-order valence-electron chi connectivity index (χ3n) is 4.26. The molecule has 0 aromatic carbocycles. The molecule has 0 aliphatic carbocycles. The maximum Gasteiger partial charge on any atom is 0.220 e. The largest absolute Gasteiger partial charge is 0.388 e. The van der Waals surface area contributed by atoms with Gasteiger partial charge in [0.25, 0.3) is 0 Å². The lowest BCUT2D eigenvalue weighted by Crippen LogP contribution is -2.26. The van der Waals surface area contributed by atoms with Gasteiger partial charge in [0.1, 0.15) is 5.78 Å². The summed E-state index contributed by atoms with van der Waals surface area (Å²) in [6, 6.07) is 0. The molecule has 1 amide bonds. The molecule has 0 aliphatic rings. The van der Waals surface area contributed by atoms with Gasteiger partial charge in [-0.05, 0) is 26.2 Å². The molecule has 0 aromatic rings. The molecule has 140 valence electrons. The number of aliphatic imine (C=N–C) groups is 1. The first-order chi connectivity index (χ1) is 11.5. The fraction of sp³-hybridized carbons (Fsp3) is 0.842. The lowest BCUT2D eigenvalue weighted by atomic mass is 9.94. The van der Waals surface area contributed by atoms with Crippen LogP contribution in [0.15, 0.2) is 4.99 Å². The molecule has 0 spiro atoms. The zero-order valence-corrected chi connectivity index (χ0v) is 15.7. The Balaban J connectivity index is 3.79. The molecule has 0 bridgehead atoms. The topological polar surface area (TPSA) is 98.5 Å². The molecule has 0 heterocycles. The third kappa shape index (κ3) is 14.2. The fourth-order valence-corrected chi connectivity index (χ4v) is 2.77. The molecule has 5 nitrogen and oxygen atoms in total. The molecule has 0 saturated heterocycles. The number of ketones is 1. The van der Waals surface area contributed by atoms with Crippen molar-refractivity contribution in [1.82, 2.24) is 0 Å². The first-order valence-electron chi connectivity index (χ1n) is 9.54. The smallest absolute Gasteiger partial charge is 0.220 e. The molecule has 0 saturated carbocycles. The number of nitrogens with two attached hydrogens (primary N) is 2. The summed E-state index contributed by atoms with van der Waals surface area (Å²) in [7, 11) is 0. The number of hydrogen-bond donors (Lipinski definition) is 2. The summed E-state index contributed by atoms with van der Waals surface area (Å²) in [6.45, 7) is 4.54. The van der Waals surface area contributed by atoms with E-state index in [4.69, 9.17) is 11.5 Å². The SMILES string of the molecule is CCCCCCCCCCC(=O)CC(CCCN=C(C)N)C(N)=O. The standard InChI is InChI=1S/C19H37N3O2/c1-3-4-5-6-7-8-9-10-13-18(23)15-17(19(21)24)12-11-14-22-16(2)20/h17H,3-15H2,1-2H3,(H2,20,22)(H2,21,24). The first kappa shape index (κ1) is 22.6. The molecule has 4 N–H and O–H groups in total. The predicted octanol–water partition coefficient (Wildman–Crippen LogP) is 3.74. The predicted molar refractivity (Wildman–Crippen MR) is 101 cm³/mol. The summed E-state index contributed by atoms with van der Waals surface area (Å²) in [4.78, 5) is 27.6. The summed E-state index contributed by atoms with van der Waals surface area (Å²) < 4.78 is 0. The van der Waals surface area contributed by atoms with Gasteiger partial charge in [0.05, 0.1) is 5.84 Å². The number of carbonyl (C=O) groups is 2. The molecule has 0 aromatic heterocycles. The Morgan fingerprint density at radius 2 is 1.50 bits per heavy atom. The van der Waals surface area contributed by atoms with Gasteiger partial charge < -0.3 is 11.5 Å². The number of Topliss-reactive ketones (excluding diaryl/α,β-unsaturated/α-hetero) is 1. The second kappa shape index (κ2) is 15.2. The van der Waals surface area contributed by atoms with E-state index in [1.54, 1.807) is 6.92 Å². The van der Waals surface area contributed by atoms with Gasteiger partial charge in [-0.3, -0.25) is 14.6 Å². The fourth-order valence-electron chi connectivity index (χ4n) is 2.77. The van der Waals surface area contributed by atoms with Gasteiger partial charge in [0.15, 0.2) is 0 Å². The number of nitrogens with zero attached hydrogens (tertiary/aromatic N) is 1. The number of primary amides is 1. The van der Waals surface area contributed by atoms with Crippen LogP contribution in [0.5, 0.6) is 0 Å². The number of amides is 1. The number of unbranched alkanes of at least 4 members (excludes halogenated alkanes) is 7. The van der Waals surface area contributed by atoms with Crippen molar-refractivity contribution in [2.75, 3.05) is 6.54 Å². The number of rotatable bonds is 16. The Kier molecular flexibility index (Phi) is 14.3. The number of carbonyl (C=O) groups excluding carboxylic acids is 2. The van der Waals surface area contributed by atoms with E-state index < -0.39 is 0 Å². The zero-order chi connectivity index (χ0) is 18.2. The summed E-state index contributed by atoms with van der Waals surface area (Å²) in [5.41, 5.74) is 10.9. The second-order valence-corrected chi connectivity index (χ2v) is 6.73. The van der Waals surface area contributed by atoms with Gasteiger partial charge >= 0.3 is 0 Å². The van der Waals surface area contributed by atoms with Crippen molar-refractivity contribution in [3.05, 3.63) is 0 Å². The maximum atomic E-state index is 12.0. The summed E-state index contributed by atoms with van der Waals surface area (Å²) in [6.07, 6.45) is 11.9. The monoisotopic (exact) mass is 339 g/mol. The Morgan fingerprint density at radius 3 is 2.04 bits per heavy atom. The Morgan fingerprint density at radius 1 is 0.917 bits per heavy atom. The van der Waals surface area contributed by atoms with E-state index in [9.17, 15) is 9.59 Å². The van der Waals surface area contributed by atoms with Crippen LogP contribution >= 0.6 is 0 Å². The van der Waals surface area contributed by atoms with Crippen LogP contribution in [0.1, 0.15) is 90.9 Å². The van der Waals surface area contributed by atoms with Gasteiger partial charge in [0, 0.05) is 25.3 Å². The van der Waals surface area contributed by atoms with Crippen LogP contribution < -0.4 is 11.5 Å². The molecule has 0 rings (SSSR count). The molecule has 1 unspecified atom stereocenters. The highest BCUT2D eigenvalue weighted by atomic mass is 16.1. The number of hydrogen-bond acceptors (Lipinski definition) is 3. The van der Waals surface area contributed by atoms with Crippen LogP contribution in [0.2, 0.25) is 0 Å². The maximum absolute atomic E-state index is 12.0. The minimum atomic E-state index is -0.382. The van der Waals surface area contributed by atoms with Gasteiger partial charge in [-0.1, -0.05) is 51.9 Å². The molecule has 5 heteroatoms. The third-order valence-corrected chi connectivity index (χ3v) is 4.26. The van der Waals surface area contributed by atoms with E-state index in [0.717, 1.165) is 19.3 Å². The van der Waals surface area contributed by atoms with Crippen LogP contribution in [0.4, 0.5) is 0 Å². The minimum Gasteiger partial charge on any atom is -0.388 e. The van der Waals surface area contributed by atoms with Crippen molar-refractivity contribution in [1.29, 1.82) is 0 Å². The van der Waals surface area contributed by atoms with E-state index in [2.05, 4.69) is 11.9 Å². The summed E-state index contributed by atoms with van der Waals surface area (Å²) in [5.74, 6) is -0.0489. The molecule has 0 radical (unpaired) electrons. The molecular formula is C19H37N3O2. The molecule has 1 atom stereocenters. The number of amidine groups is 1. The van der Waals surface area contributed by atoms with E-state index in [0.29, 0.717) is 25.2 Å². The highest BCUT2D eigenvalue weighted by molar-refractivity contribution is 5.85. The van der Waals surface area contributed by atoms with Crippen molar-refractivity contribution in [3.8, 4) is 0 Å². The normalized spacial score (nSPS) is 13.0. The van der Waals surface area contributed by atoms with Crippen molar-refractivity contribution in [2.45, 2.75) is 90.9 Å². The van der Waals surface area contributed by atoms with Crippen molar-refractivity contribution < 1.29 is 9.59 Å². The van der Waals surface area contributed by atoms with Crippen LogP contribution in [0.25, 0.3) is 0 Å². The van der Waals surface area contributed by atoms with Crippen molar-refractivity contribution >= 4 is 17.5 Å². The van der Waals surface area contributed by atoms with Crippen LogP contribution in [-0.4, -0.2) is 24.1 Å². The van der Waals surface area contributed by atoms with Gasteiger partial charge in [-0.15, -0.1) is 0 Å². The quantitative estimate of drug-likeness (QED) is 0.254. The Bertz CT molecular complexity index is 377. The van der Waals surface area contributed by atoms with Crippen molar-refractivity contribution in [3.63, 3.8) is 0 Å². The van der Waals surface area contributed by atoms with E-state index in [-0.39, 0.29) is 24.0 Å². The molecular weight excluding hydrogens is 302 g/mol. The lowest BCUT2D eigenvalue weighted by Gasteiger charge is -2.12. The summed E-state index contributed by atoms with van der Waals surface area (Å²) >= 11 is 0. The van der Waals surface area contributed by atoms with E-state index in [1.165, 1.54) is 38.5 Å². The Hall–Kier alpha value is -1.39. The van der Waals surface area contributed by atoms with E-state index >= 15 is 0 Å². The lowest BCUT2D eigenvalue weighted by molar-refractivity contribution is -0.127. The highest BCUT2D eigenvalue weighted by Gasteiger charge is 2.18. The average Bonchev–Trinajstić information content (AvgIpc) is 2.52. The molecule has 24 heavy (non-hydrogen) atoms. The van der Waals surface area contributed by atoms with Gasteiger partial charge in [-0.2, -0.15) is 0 Å². The van der Waals surface area contributed by atoms with Gasteiger partial charge in [0.2, 0.25) is 5.91 Å². The van der Waals surface area contributed by atoms with Crippen LogP contribution in [-0.2, 0) is 9.59 Å². The average molecular weight is 340 g/mol. The molecule has 0 aliphatic heterocycles. The zero-order valence-electron chi connectivity index (χ0n) is 15.7. The van der Waals surface area contributed by atoms with Crippen LogP contribution in [0, 0.1) is 5.92 Å². The first-order valence-corrected chi connectivity index (χ1v) is 9.54. The highest BCUT2D eigenvalue weighted by Crippen LogP contribution is 2.15. The Labute approximate surface area is 147 Å².